The molecule has 1 aromatic heterocycles. The number of benzene rings is 1. The Morgan fingerprint density at radius 3 is 2.68 bits per heavy atom. The number of pyridine rings is 1. The zero-order valence-electron chi connectivity index (χ0n) is 13.7. The average molecular weight is 353 g/mol. The Morgan fingerprint density at radius 1 is 1.24 bits per heavy atom. The largest absolute Gasteiger partial charge is 0.473 e. The molecular formula is C17H18F3N3O2. The van der Waals surface area contributed by atoms with Crippen molar-refractivity contribution in [3.63, 3.8) is 0 Å². The first-order chi connectivity index (χ1) is 11.8. The highest BCUT2D eigenvalue weighted by atomic mass is 19.4. The van der Waals surface area contributed by atoms with Gasteiger partial charge in [-0.2, -0.15) is 13.2 Å². The third-order valence-electron chi connectivity index (χ3n) is 3.07. The Bertz CT molecular complexity index is 733. The number of alkyl halides is 3. The first-order valence-corrected chi connectivity index (χ1v) is 7.58. The molecule has 2 rings (SSSR count). The first kappa shape index (κ1) is 18.6. The molecule has 134 valence electrons. The lowest BCUT2D eigenvalue weighted by Gasteiger charge is -2.14. The van der Waals surface area contributed by atoms with Crippen LogP contribution in [-0.4, -0.2) is 17.1 Å². The van der Waals surface area contributed by atoms with E-state index in [1.807, 2.05) is 13.8 Å². The van der Waals surface area contributed by atoms with Gasteiger partial charge in [0.15, 0.2) is 0 Å². The number of rotatable bonds is 5. The Hall–Kier alpha value is -2.77. The number of urea groups is 1. The third-order valence-corrected chi connectivity index (χ3v) is 3.07. The number of nitrogens with one attached hydrogen (secondary N) is 2. The van der Waals surface area contributed by atoms with E-state index in [4.69, 9.17) is 4.74 Å². The normalized spacial score (nSPS) is 11.3. The summed E-state index contributed by atoms with van der Waals surface area (Å²) in [5.74, 6) is 0.270. The van der Waals surface area contributed by atoms with Crippen molar-refractivity contribution in [3.05, 3.63) is 53.7 Å². The first-order valence-electron chi connectivity index (χ1n) is 7.58. The zero-order valence-corrected chi connectivity index (χ0v) is 13.7. The minimum atomic E-state index is -4.42. The highest BCUT2D eigenvalue weighted by Gasteiger charge is 2.30. The molecule has 8 heteroatoms. The average Bonchev–Trinajstić information content (AvgIpc) is 2.54. The van der Waals surface area contributed by atoms with E-state index in [1.54, 1.807) is 12.1 Å². The van der Waals surface area contributed by atoms with Gasteiger partial charge in [0.2, 0.25) is 5.88 Å². The van der Waals surface area contributed by atoms with Crippen LogP contribution < -0.4 is 15.4 Å². The molecule has 0 spiro atoms. The number of amides is 2. The molecule has 0 bridgehead atoms. The predicted octanol–water partition coefficient (Wildman–Crippen LogP) is 4.21. The number of hydrogen-bond donors (Lipinski definition) is 2. The maximum absolute atomic E-state index is 12.7. The highest BCUT2D eigenvalue weighted by molar-refractivity contribution is 5.90. The Balaban J connectivity index is 1.98. The lowest BCUT2D eigenvalue weighted by molar-refractivity contribution is -0.137. The second-order valence-corrected chi connectivity index (χ2v) is 5.53. The molecule has 0 unspecified atom stereocenters. The fraction of sp³-hybridized carbons (Fsp3) is 0.294. The number of halogens is 3. The van der Waals surface area contributed by atoms with Crippen molar-refractivity contribution in [3.8, 4) is 5.88 Å². The number of ether oxygens (including phenoxy) is 1. The highest BCUT2D eigenvalue weighted by Crippen LogP contribution is 2.29. The summed E-state index contributed by atoms with van der Waals surface area (Å²) in [6.07, 6.45) is -3.01. The minimum Gasteiger partial charge on any atom is -0.473 e. The molecule has 1 aromatic carbocycles. The van der Waals surface area contributed by atoms with Crippen LogP contribution in [0, 0.1) is 0 Å². The van der Waals surface area contributed by atoms with Gasteiger partial charge in [-0.25, -0.2) is 9.78 Å². The molecule has 0 radical (unpaired) electrons. The maximum atomic E-state index is 12.7. The van der Waals surface area contributed by atoms with Gasteiger partial charge in [-0.15, -0.1) is 0 Å². The van der Waals surface area contributed by atoms with Gasteiger partial charge in [-0.3, -0.25) is 0 Å². The summed E-state index contributed by atoms with van der Waals surface area (Å²) in [5, 5.41) is 5.08. The van der Waals surface area contributed by atoms with Gasteiger partial charge in [0.1, 0.15) is 5.69 Å². The summed E-state index contributed by atoms with van der Waals surface area (Å²) in [4.78, 5) is 16.0. The van der Waals surface area contributed by atoms with Crippen LogP contribution >= 0.6 is 0 Å². The van der Waals surface area contributed by atoms with Crippen molar-refractivity contribution < 1.29 is 22.7 Å². The molecule has 2 amide bonds. The van der Waals surface area contributed by atoms with Gasteiger partial charge < -0.3 is 15.4 Å². The summed E-state index contributed by atoms with van der Waals surface area (Å²) in [6, 6.07) is 7.47. The SMILES string of the molecule is CC(C)Oc1ncccc1NC(=O)NCc1cccc(C(F)(F)F)c1. The molecule has 5 nitrogen and oxygen atoms in total. The van der Waals surface area contributed by atoms with Crippen LogP contribution in [0.5, 0.6) is 5.88 Å². The summed E-state index contributed by atoms with van der Waals surface area (Å²) in [5.41, 5.74) is -0.0420. The quantitative estimate of drug-likeness (QED) is 0.846. The van der Waals surface area contributed by atoms with Gasteiger partial charge in [0.25, 0.3) is 0 Å². The number of carbonyl (C=O) groups is 1. The van der Waals surface area contributed by atoms with Crippen molar-refractivity contribution in [2.45, 2.75) is 32.7 Å². The van der Waals surface area contributed by atoms with Gasteiger partial charge in [-0.05, 0) is 43.7 Å². The van der Waals surface area contributed by atoms with Crippen LogP contribution in [0.2, 0.25) is 0 Å². The smallest absolute Gasteiger partial charge is 0.416 e. The van der Waals surface area contributed by atoms with Crippen molar-refractivity contribution in [1.29, 1.82) is 0 Å². The lowest BCUT2D eigenvalue weighted by atomic mass is 10.1. The van der Waals surface area contributed by atoms with E-state index in [1.165, 1.54) is 18.3 Å². The second kappa shape index (κ2) is 7.87. The molecule has 0 saturated carbocycles. The Kier molecular flexibility index (Phi) is 5.84. The van der Waals surface area contributed by atoms with E-state index in [0.29, 0.717) is 11.3 Å². The standard InChI is InChI=1S/C17H18F3N3O2/c1-11(2)25-15-14(7-4-8-21-15)23-16(24)22-10-12-5-3-6-13(9-12)17(18,19)20/h3-9,11H,10H2,1-2H3,(H2,22,23,24). The fourth-order valence-corrected chi connectivity index (χ4v) is 2.01. The van der Waals surface area contributed by atoms with Crippen molar-refractivity contribution >= 4 is 11.7 Å². The molecule has 0 aliphatic heterocycles. The monoisotopic (exact) mass is 353 g/mol. The minimum absolute atomic E-state index is 0.0453. The van der Waals surface area contributed by atoms with Crippen molar-refractivity contribution in [1.82, 2.24) is 10.3 Å². The van der Waals surface area contributed by atoms with Crippen LogP contribution in [0.15, 0.2) is 42.6 Å². The number of nitrogens with zero attached hydrogens (tertiary/aromatic N) is 1. The topological polar surface area (TPSA) is 63.2 Å². The van der Waals surface area contributed by atoms with Crippen LogP contribution in [0.25, 0.3) is 0 Å². The summed E-state index contributed by atoms with van der Waals surface area (Å²) >= 11 is 0. The van der Waals surface area contributed by atoms with Crippen molar-refractivity contribution in [2.24, 2.45) is 0 Å². The van der Waals surface area contributed by atoms with Gasteiger partial charge >= 0.3 is 12.2 Å². The molecule has 1 heterocycles. The molecule has 2 N–H and O–H groups in total. The molecule has 0 aliphatic rings. The zero-order chi connectivity index (χ0) is 18.4. The Morgan fingerprint density at radius 2 is 2.00 bits per heavy atom. The van der Waals surface area contributed by atoms with Crippen molar-refractivity contribution in [2.75, 3.05) is 5.32 Å². The number of carbonyl (C=O) groups excluding carboxylic acids is 1. The Labute approximate surface area is 143 Å². The van der Waals surface area contributed by atoms with Crippen LogP contribution in [0.1, 0.15) is 25.0 Å². The summed E-state index contributed by atoms with van der Waals surface area (Å²) in [6.45, 7) is 3.61. The molecule has 0 fully saturated rings. The molecule has 2 aromatic rings. The predicted molar refractivity (Wildman–Crippen MR) is 87.3 cm³/mol. The lowest BCUT2D eigenvalue weighted by Crippen LogP contribution is -2.28. The fourth-order valence-electron chi connectivity index (χ4n) is 2.01. The van der Waals surface area contributed by atoms with E-state index in [0.717, 1.165) is 12.1 Å². The van der Waals surface area contributed by atoms with E-state index < -0.39 is 17.8 Å². The second-order valence-electron chi connectivity index (χ2n) is 5.53. The van der Waals surface area contributed by atoms with E-state index in [9.17, 15) is 18.0 Å². The van der Waals surface area contributed by atoms with Crippen LogP contribution in [-0.2, 0) is 12.7 Å². The van der Waals surface area contributed by atoms with Crippen LogP contribution in [0.3, 0.4) is 0 Å². The summed E-state index contributed by atoms with van der Waals surface area (Å²) < 4.78 is 43.5. The number of hydrogen-bond acceptors (Lipinski definition) is 3. The molecule has 25 heavy (non-hydrogen) atoms. The number of aromatic nitrogens is 1. The van der Waals surface area contributed by atoms with E-state index in [2.05, 4.69) is 15.6 Å². The molecular weight excluding hydrogens is 335 g/mol. The molecule has 0 atom stereocenters. The summed E-state index contributed by atoms with van der Waals surface area (Å²) in [7, 11) is 0. The van der Waals surface area contributed by atoms with Gasteiger partial charge in [0.05, 0.1) is 11.7 Å². The number of anilines is 1. The van der Waals surface area contributed by atoms with Gasteiger partial charge in [0, 0.05) is 12.7 Å². The van der Waals surface area contributed by atoms with Crippen LogP contribution in [0.4, 0.5) is 23.7 Å². The molecule has 0 saturated heterocycles. The van der Waals surface area contributed by atoms with E-state index in [-0.39, 0.29) is 18.5 Å². The van der Waals surface area contributed by atoms with Gasteiger partial charge in [-0.1, -0.05) is 12.1 Å². The van der Waals surface area contributed by atoms with E-state index >= 15 is 0 Å². The molecule has 0 aliphatic carbocycles. The third kappa shape index (κ3) is 5.66. The maximum Gasteiger partial charge on any atom is 0.416 e.